The van der Waals surface area contributed by atoms with E-state index in [0.717, 1.165) is 37.5 Å². The number of ether oxygens (including phenoxy) is 1. The van der Waals surface area contributed by atoms with Crippen molar-refractivity contribution in [3.05, 3.63) is 47.5 Å². The summed E-state index contributed by atoms with van der Waals surface area (Å²) in [4.78, 5) is 41.0. The second-order valence-corrected chi connectivity index (χ2v) is 13.1. The maximum atomic E-state index is 12.6. The number of likely N-dealkylation sites (tertiary alicyclic amines) is 1. The molecule has 5 N–H and O–H groups in total. The zero-order valence-corrected chi connectivity index (χ0v) is 26.4. The standard InChI is InChI=1S/C34H47N5O6/c1-34-15-5-6-24(34)20-39(22-34)17-14-31(44)38(2)16-4-3-7-29(42)36-25-10-8-23(9-11-25)18-35-19-28(41)26-12-13-27(40)32-33(26)45-21-30(43)37-32/h8-13,24,28,35,40-41H,3-7,14-22H2,1-2H3,(H,36,42)(H,37,43)/t24-,28+,34+/m1/s1. The highest BCUT2D eigenvalue weighted by Gasteiger charge is 2.45. The fourth-order valence-corrected chi connectivity index (χ4v) is 6.92. The predicted octanol–water partition coefficient (Wildman–Crippen LogP) is 3.63. The smallest absolute Gasteiger partial charge is 0.262 e. The lowest BCUT2D eigenvalue weighted by molar-refractivity contribution is -0.130. The van der Waals surface area contributed by atoms with Crippen LogP contribution in [-0.4, -0.2) is 84.1 Å². The van der Waals surface area contributed by atoms with Gasteiger partial charge < -0.3 is 40.7 Å². The van der Waals surface area contributed by atoms with Crippen molar-refractivity contribution in [3.63, 3.8) is 0 Å². The molecule has 2 aliphatic heterocycles. The van der Waals surface area contributed by atoms with Crippen LogP contribution in [0.15, 0.2) is 36.4 Å². The lowest BCUT2D eigenvalue weighted by Crippen LogP contribution is -2.33. The minimum absolute atomic E-state index is 0.0540. The number of benzene rings is 2. The highest BCUT2D eigenvalue weighted by molar-refractivity contribution is 5.97. The van der Waals surface area contributed by atoms with Crippen molar-refractivity contribution in [2.45, 2.75) is 64.5 Å². The molecule has 0 unspecified atom stereocenters. The molecule has 3 aliphatic rings. The molecule has 1 saturated carbocycles. The zero-order chi connectivity index (χ0) is 32.0. The first kappa shape index (κ1) is 32.7. The molecular formula is C34H47N5O6. The highest BCUT2D eigenvalue weighted by Crippen LogP contribution is 2.48. The van der Waals surface area contributed by atoms with E-state index in [0.29, 0.717) is 49.0 Å². The molecule has 11 nitrogen and oxygen atoms in total. The number of phenols is 1. The topological polar surface area (TPSA) is 143 Å². The normalized spacial score (nSPS) is 21.4. The third kappa shape index (κ3) is 8.33. The van der Waals surface area contributed by atoms with Gasteiger partial charge in [0, 0.05) is 70.4 Å². The van der Waals surface area contributed by atoms with Gasteiger partial charge in [-0.3, -0.25) is 14.4 Å². The number of aliphatic hydroxyl groups excluding tert-OH is 1. The van der Waals surface area contributed by atoms with Crippen LogP contribution in [0.4, 0.5) is 11.4 Å². The van der Waals surface area contributed by atoms with Crippen LogP contribution in [0.1, 0.15) is 69.1 Å². The van der Waals surface area contributed by atoms with Crippen LogP contribution in [-0.2, 0) is 20.9 Å². The van der Waals surface area contributed by atoms with Gasteiger partial charge in [-0.1, -0.05) is 25.5 Å². The summed E-state index contributed by atoms with van der Waals surface area (Å²) in [5.74, 6) is 0.709. The Morgan fingerprint density at radius 2 is 1.98 bits per heavy atom. The van der Waals surface area contributed by atoms with Crippen LogP contribution in [0.25, 0.3) is 0 Å². The Kier molecular flexibility index (Phi) is 10.6. The summed E-state index contributed by atoms with van der Waals surface area (Å²) in [5, 5.41) is 29.4. The van der Waals surface area contributed by atoms with E-state index in [9.17, 15) is 24.6 Å². The molecule has 2 heterocycles. The van der Waals surface area contributed by atoms with Gasteiger partial charge in [0.25, 0.3) is 5.91 Å². The molecule has 1 aliphatic carbocycles. The number of fused-ring (bicyclic) bond motifs is 2. The number of hydrogen-bond donors (Lipinski definition) is 5. The van der Waals surface area contributed by atoms with Crippen LogP contribution in [0, 0.1) is 11.3 Å². The maximum Gasteiger partial charge on any atom is 0.262 e. The zero-order valence-electron chi connectivity index (χ0n) is 26.4. The molecule has 2 fully saturated rings. The molecule has 1 saturated heterocycles. The first-order valence-electron chi connectivity index (χ1n) is 16.1. The van der Waals surface area contributed by atoms with Crippen LogP contribution in [0.2, 0.25) is 0 Å². The number of nitrogens with zero attached hydrogens (tertiary/aromatic N) is 2. The monoisotopic (exact) mass is 621 g/mol. The number of hydrogen-bond acceptors (Lipinski definition) is 8. The second-order valence-electron chi connectivity index (χ2n) is 13.1. The number of anilines is 2. The number of rotatable bonds is 14. The fourth-order valence-electron chi connectivity index (χ4n) is 6.92. The molecule has 2 aromatic rings. The summed E-state index contributed by atoms with van der Waals surface area (Å²) in [6.45, 7) is 6.70. The van der Waals surface area contributed by atoms with Crippen molar-refractivity contribution in [2.24, 2.45) is 11.3 Å². The number of phenolic OH excluding ortho intramolecular Hbond substituents is 1. The van der Waals surface area contributed by atoms with Gasteiger partial charge in [0.2, 0.25) is 11.8 Å². The minimum Gasteiger partial charge on any atom is -0.506 e. The lowest BCUT2D eigenvalue weighted by atomic mass is 9.83. The predicted molar refractivity (Wildman–Crippen MR) is 172 cm³/mol. The molecule has 0 bridgehead atoms. The van der Waals surface area contributed by atoms with Gasteiger partial charge >= 0.3 is 0 Å². The van der Waals surface area contributed by atoms with Crippen LogP contribution in [0.5, 0.6) is 11.5 Å². The largest absolute Gasteiger partial charge is 0.506 e. The number of aliphatic hydroxyl groups is 1. The first-order valence-corrected chi connectivity index (χ1v) is 16.1. The van der Waals surface area contributed by atoms with E-state index in [1.165, 1.54) is 25.3 Å². The van der Waals surface area contributed by atoms with Crippen molar-refractivity contribution in [1.29, 1.82) is 0 Å². The Morgan fingerprint density at radius 3 is 2.76 bits per heavy atom. The van der Waals surface area contributed by atoms with Crippen LogP contribution in [0.3, 0.4) is 0 Å². The van der Waals surface area contributed by atoms with E-state index in [1.54, 1.807) is 11.0 Å². The second kappa shape index (κ2) is 14.6. The van der Waals surface area contributed by atoms with Gasteiger partial charge in [-0.15, -0.1) is 0 Å². The molecule has 0 aromatic heterocycles. The van der Waals surface area contributed by atoms with Gasteiger partial charge in [0.15, 0.2) is 12.4 Å². The van der Waals surface area contributed by atoms with Crippen molar-refractivity contribution in [1.82, 2.24) is 15.1 Å². The molecule has 244 valence electrons. The molecular weight excluding hydrogens is 574 g/mol. The summed E-state index contributed by atoms with van der Waals surface area (Å²) >= 11 is 0. The molecule has 11 heteroatoms. The van der Waals surface area contributed by atoms with E-state index in [4.69, 9.17) is 4.74 Å². The van der Waals surface area contributed by atoms with Gasteiger partial charge in [0.1, 0.15) is 11.4 Å². The number of amides is 3. The molecule has 5 rings (SSSR count). The van der Waals surface area contributed by atoms with Crippen molar-refractivity contribution < 1.29 is 29.3 Å². The molecule has 0 spiro atoms. The lowest BCUT2D eigenvalue weighted by Gasteiger charge is -2.24. The summed E-state index contributed by atoms with van der Waals surface area (Å²) in [7, 11) is 1.86. The average Bonchev–Trinajstić information content (AvgIpc) is 3.53. The van der Waals surface area contributed by atoms with Gasteiger partial charge in [-0.05, 0) is 66.8 Å². The Hall–Kier alpha value is -3.67. The number of nitrogens with one attached hydrogen (secondary N) is 3. The highest BCUT2D eigenvalue weighted by atomic mass is 16.5. The van der Waals surface area contributed by atoms with Crippen molar-refractivity contribution >= 4 is 29.1 Å². The molecule has 3 atom stereocenters. The van der Waals surface area contributed by atoms with E-state index >= 15 is 0 Å². The Bertz CT molecular complexity index is 1370. The number of aromatic hydroxyl groups is 1. The Morgan fingerprint density at radius 1 is 1.18 bits per heavy atom. The number of carbonyl (C=O) groups excluding carboxylic acids is 3. The van der Waals surface area contributed by atoms with E-state index in [2.05, 4.69) is 27.8 Å². The molecule has 45 heavy (non-hydrogen) atoms. The number of carbonyl (C=O) groups is 3. The summed E-state index contributed by atoms with van der Waals surface area (Å²) in [6, 6.07) is 10.5. The van der Waals surface area contributed by atoms with Gasteiger partial charge in [-0.25, -0.2) is 0 Å². The molecule has 0 radical (unpaired) electrons. The van der Waals surface area contributed by atoms with E-state index < -0.39 is 6.10 Å². The Labute approximate surface area is 265 Å². The number of unbranched alkanes of at least 4 members (excludes halogenated alkanes) is 1. The summed E-state index contributed by atoms with van der Waals surface area (Å²) < 4.78 is 5.45. The van der Waals surface area contributed by atoms with Crippen LogP contribution < -0.4 is 20.7 Å². The third-order valence-corrected chi connectivity index (χ3v) is 9.61. The Balaban J connectivity index is 0.951. The first-order chi connectivity index (χ1) is 21.6. The fraction of sp³-hybridized carbons (Fsp3) is 0.559. The van der Waals surface area contributed by atoms with E-state index in [1.807, 2.05) is 31.3 Å². The molecule has 3 amide bonds. The summed E-state index contributed by atoms with van der Waals surface area (Å²) in [5.41, 5.74) is 2.79. The summed E-state index contributed by atoms with van der Waals surface area (Å²) in [6.07, 6.45) is 5.52. The minimum atomic E-state index is -0.913. The average molecular weight is 622 g/mol. The van der Waals surface area contributed by atoms with Gasteiger partial charge in [-0.2, -0.15) is 0 Å². The van der Waals surface area contributed by atoms with Crippen LogP contribution >= 0.6 is 0 Å². The van der Waals surface area contributed by atoms with Gasteiger partial charge in [0.05, 0.1) is 6.10 Å². The van der Waals surface area contributed by atoms with Crippen molar-refractivity contribution in [2.75, 3.05) is 57.0 Å². The SMILES string of the molecule is CN(CCCCC(=O)Nc1ccc(CNC[C@H](O)c2ccc(O)c3c2OCC(=O)N3)cc1)C(=O)CCN1C[C@H]2CCC[C@@]2(C)C1. The third-order valence-electron chi connectivity index (χ3n) is 9.61. The quantitative estimate of drug-likeness (QED) is 0.159. The maximum absolute atomic E-state index is 12.6. The molecule has 2 aromatic carbocycles. The van der Waals surface area contributed by atoms with Crippen molar-refractivity contribution in [3.8, 4) is 11.5 Å². The van der Waals surface area contributed by atoms with E-state index in [-0.39, 0.29) is 48.1 Å².